The Labute approximate surface area is 173 Å². The van der Waals surface area contributed by atoms with Crippen LogP contribution >= 0.6 is 24.0 Å². The number of benzene rings is 2. The van der Waals surface area contributed by atoms with Crippen LogP contribution in [0.3, 0.4) is 0 Å². The van der Waals surface area contributed by atoms with Gasteiger partial charge in [0.25, 0.3) is 0 Å². The molecule has 5 nitrogen and oxygen atoms in total. The molecule has 2 N–H and O–H groups in total. The van der Waals surface area contributed by atoms with E-state index in [0.29, 0.717) is 18.9 Å². The summed E-state index contributed by atoms with van der Waals surface area (Å²) in [7, 11) is 1.66. The molecule has 0 aromatic heterocycles. The number of nitrogens with zero attached hydrogens (tertiary/aromatic N) is 1. The molecule has 2 aromatic carbocycles. The highest BCUT2D eigenvalue weighted by atomic mass is 127. The van der Waals surface area contributed by atoms with Crippen molar-refractivity contribution < 1.29 is 18.3 Å². The molecule has 1 fully saturated rings. The monoisotopic (exact) mass is 487 g/mol. The molecule has 8 heteroatoms. The van der Waals surface area contributed by atoms with Crippen LogP contribution in [-0.2, 0) is 6.54 Å². The molecule has 2 unspecified atom stereocenters. The van der Waals surface area contributed by atoms with Gasteiger partial charge in [0.15, 0.2) is 17.5 Å². The SMILES string of the molecule is CN=C(NCc1ccc2c(c1)OCO2)NC1CC1c1c(F)cccc1F.I. The maximum atomic E-state index is 13.9. The minimum Gasteiger partial charge on any atom is -0.454 e. The Balaban J connectivity index is 0.00000210. The Bertz CT molecular complexity index is 843. The summed E-state index contributed by atoms with van der Waals surface area (Å²) in [5, 5.41) is 6.42. The van der Waals surface area contributed by atoms with Crippen molar-refractivity contribution in [3.63, 3.8) is 0 Å². The lowest BCUT2D eigenvalue weighted by Gasteiger charge is -2.12. The fraction of sp³-hybridized carbons (Fsp3) is 0.316. The zero-order valence-electron chi connectivity index (χ0n) is 14.7. The predicted molar refractivity (Wildman–Crippen MR) is 109 cm³/mol. The van der Waals surface area contributed by atoms with E-state index >= 15 is 0 Å². The average molecular weight is 487 g/mol. The number of hydrogen-bond donors (Lipinski definition) is 2. The number of aliphatic imine (C=N–C) groups is 1. The van der Waals surface area contributed by atoms with E-state index in [9.17, 15) is 8.78 Å². The number of fused-ring (bicyclic) bond motifs is 1. The normalized spacial score (nSPS) is 20.0. The van der Waals surface area contributed by atoms with E-state index in [1.165, 1.54) is 18.2 Å². The van der Waals surface area contributed by atoms with E-state index in [2.05, 4.69) is 15.6 Å². The van der Waals surface area contributed by atoms with Gasteiger partial charge in [0.1, 0.15) is 11.6 Å². The third-order valence-corrected chi connectivity index (χ3v) is 4.60. The van der Waals surface area contributed by atoms with Crippen molar-refractivity contribution in [3.8, 4) is 11.5 Å². The molecule has 2 atom stereocenters. The van der Waals surface area contributed by atoms with Crippen molar-refractivity contribution in [1.82, 2.24) is 10.6 Å². The molecule has 0 amide bonds. The molecule has 0 spiro atoms. The topological polar surface area (TPSA) is 54.9 Å². The quantitative estimate of drug-likeness (QED) is 0.394. The van der Waals surface area contributed by atoms with E-state index in [0.717, 1.165) is 17.1 Å². The van der Waals surface area contributed by atoms with E-state index < -0.39 is 11.6 Å². The third kappa shape index (κ3) is 4.26. The maximum Gasteiger partial charge on any atom is 0.231 e. The highest BCUT2D eigenvalue weighted by molar-refractivity contribution is 14.0. The second-order valence-corrected chi connectivity index (χ2v) is 6.34. The van der Waals surface area contributed by atoms with Gasteiger partial charge in [-0.15, -0.1) is 24.0 Å². The largest absolute Gasteiger partial charge is 0.454 e. The van der Waals surface area contributed by atoms with Crippen LogP contribution in [0.15, 0.2) is 41.4 Å². The van der Waals surface area contributed by atoms with Gasteiger partial charge in [-0.25, -0.2) is 8.78 Å². The zero-order chi connectivity index (χ0) is 18.1. The first kappa shape index (κ1) is 19.7. The summed E-state index contributed by atoms with van der Waals surface area (Å²) in [4.78, 5) is 4.18. The van der Waals surface area contributed by atoms with Crippen molar-refractivity contribution in [3.05, 3.63) is 59.2 Å². The number of rotatable bonds is 4. The highest BCUT2D eigenvalue weighted by Gasteiger charge is 2.42. The number of halogens is 3. The maximum absolute atomic E-state index is 13.9. The molecule has 1 aliphatic carbocycles. The molecule has 27 heavy (non-hydrogen) atoms. The van der Waals surface area contributed by atoms with Crippen LogP contribution in [0.1, 0.15) is 23.5 Å². The van der Waals surface area contributed by atoms with Crippen LogP contribution in [0.4, 0.5) is 8.78 Å². The molecule has 4 rings (SSSR count). The van der Waals surface area contributed by atoms with Gasteiger partial charge in [0.05, 0.1) is 0 Å². The molecule has 144 valence electrons. The van der Waals surface area contributed by atoms with Crippen LogP contribution in [0.25, 0.3) is 0 Å². The molecule has 0 bridgehead atoms. The molecule has 2 aliphatic rings. The number of ether oxygens (including phenoxy) is 2. The molecule has 2 aromatic rings. The van der Waals surface area contributed by atoms with Crippen LogP contribution < -0.4 is 20.1 Å². The van der Waals surface area contributed by atoms with Gasteiger partial charge >= 0.3 is 0 Å². The first-order chi connectivity index (χ1) is 12.7. The zero-order valence-corrected chi connectivity index (χ0v) is 17.0. The molecule has 0 radical (unpaired) electrons. The Morgan fingerprint density at radius 3 is 2.63 bits per heavy atom. The summed E-state index contributed by atoms with van der Waals surface area (Å²) >= 11 is 0. The highest BCUT2D eigenvalue weighted by Crippen LogP contribution is 2.43. The lowest BCUT2D eigenvalue weighted by molar-refractivity contribution is 0.174. The summed E-state index contributed by atoms with van der Waals surface area (Å²) in [5.74, 6) is 0.881. The Kier molecular flexibility index (Phi) is 6.03. The number of guanidine groups is 1. The van der Waals surface area contributed by atoms with Crippen molar-refractivity contribution in [2.24, 2.45) is 4.99 Å². The molecule has 0 saturated heterocycles. The first-order valence-corrected chi connectivity index (χ1v) is 8.45. The summed E-state index contributed by atoms with van der Waals surface area (Å²) in [6.07, 6.45) is 0.669. The van der Waals surface area contributed by atoms with Crippen molar-refractivity contribution in [2.45, 2.75) is 24.9 Å². The minimum atomic E-state index is -0.498. The summed E-state index contributed by atoms with van der Waals surface area (Å²) in [6, 6.07) is 9.66. The van der Waals surface area contributed by atoms with Gasteiger partial charge in [-0.3, -0.25) is 4.99 Å². The van der Waals surface area contributed by atoms with Crippen molar-refractivity contribution in [2.75, 3.05) is 13.8 Å². The molecule has 1 saturated carbocycles. The van der Waals surface area contributed by atoms with Crippen LogP contribution in [0.2, 0.25) is 0 Å². The van der Waals surface area contributed by atoms with Crippen molar-refractivity contribution in [1.29, 1.82) is 0 Å². The van der Waals surface area contributed by atoms with E-state index in [-0.39, 0.29) is 48.3 Å². The second-order valence-electron chi connectivity index (χ2n) is 6.34. The Morgan fingerprint density at radius 2 is 1.89 bits per heavy atom. The minimum absolute atomic E-state index is 0. The van der Waals surface area contributed by atoms with Gasteiger partial charge in [-0.1, -0.05) is 12.1 Å². The fourth-order valence-corrected chi connectivity index (χ4v) is 3.15. The van der Waals surface area contributed by atoms with Gasteiger partial charge in [0.2, 0.25) is 6.79 Å². The molecular formula is C19H20F2IN3O2. The average Bonchev–Trinajstić information content (AvgIpc) is 3.21. The molecule has 1 aliphatic heterocycles. The number of nitrogens with one attached hydrogen (secondary N) is 2. The van der Waals surface area contributed by atoms with Gasteiger partial charge in [-0.2, -0.15) is 0 Å². The van der Waals surface area contributed by atoms with Crippen LogP contribution in [-0.4, -0.2) is 25.8 Å². The lowest BCUT2D eigenvalue weighted by atomic mass is 10.1. The van der Waals surface area contributed by atoms with E-state index in [1.807, 2.05) is 18.2 Å². The molecular weight excluding hydrogens is 467 g/mol. The fourth-order valence-electron chi connectivity index (χ4n) is 3.15. The van der Waals surface area contributed by atoms with Gasteiger partial charge in [-0.05, 0) is 36.2 Å². The van der Waals surface area contributed by atoms with E-state index in [4.69, 9.17) is 9.47 Å². The third-order valence-electron chi connectivity index (χ3n) is 4.60. The van der Waals surface area contributed by atoms with E-state index in [1.54, 1.807) is 7.05 Å². The lowest BCUT2D eigenvalue weighted by Crippen LogP contribution is -2.38. The Morgan fingerprint density at radius 1 is 1.15 bits per heavy atom. The summed E-state index contributed by atoms with van der Waals surface area (Å²) in [5.41, 5.74) is 1.17. The molecule has 1 heterocycles. The predicted octanol–water partition coefficient (Wildman–Crippen LogP) is 3.53. The van der Waals surface area contributed by atoms with Gasteiger partial charge in [0, 0.05) is 31.1 Å². The number of hydrogen-bond acceptors (Lipinski definition) is 3. The smallest absolute Gasteiger partial charge is 0.231 e. The standard InChI is InChI=1S/C19H19F2N3O2.HI/c1-22-19(23-9-11-5-6-16-17(7-11)26-10-25-16)24-15-8-12(15)18-13(20)3-2-4-14(18)21;/h2-7,12,15H,8-10H2,1H3,(H2,22,23,24);1H. The summed E-state index contributed by atoms with van der Waals surface area (Å²) < 4.78 is 38.4. The van der Waals surface area contributed by atoms with Crippen LogP contribution in [0, 0.1) is 11.6 Å². The first-order valence-electron chi connectivity index (χ1n) is 8.45. The second kappa shape index (κ2) is 8.28. The van der Waals surface area contributed by atoms with Gasteiger partial charge < -0.3 is 20.1 Å². The van der Waals surface area contributed by atoms with Crippen LogP contribution in [0.5, 0.6) is 11.5 Å². The van der Waals surface area contributed by atoms with Crippen molar-refractivity contribution >= 4 is 29.9 Å². The summed E-state index contributed by atoms with van der Waals surface area (Å²) in [6.45, 7) is 0.785. The Hall–Kier alpha value is -2.10.